The van der Waals surface area contributed by atoms with Crippen LogP contribution in [0.25, 0.3) is 117 Å². The summed E-state index contributed by atoms with van der Waals surface area (Å²) in [6.07, 6.45) is 0. The monoisotopic (exact) mass is 828 g/mol. The van der Waals surface area contributed by atoms with Crippen molar-refractivity contribution in [3.63, 3.8) is 0 Å². The van der Waals surface area contributed by atoms with Gasteiger partial charge in [-0.1, -0.05) is 212 Å². The molecule has 0 aliphatic rings. The molecule has 0 fully saturated rings. The van der Waals surface area contributed by atoms with E-state index in [9.17, 15) is 0 Å². The average molecular weight is 829 g/mol. The summed E-state index contributed by atoms with van der Waals surface area (Å²) in [6, 6.07) is 85.6. The molecule has 65 heavy (non-hydrogen) atoms. The second-order valence-corrected chi connectivity index (χ2v) is 16.4. The van der Waals surface area contributed by atoms with E-state index in [-0.39, 0.29) is 0 Å². The summed E-state index contributed by atoms with van der Waals surface area (Å²) in [5, 5.41) is 3.47. The number of aromatic nitrogens is 4. The summed E-state index contributed by atoms with van der Waals surface area (Å²) < 4.78 is 2.39. The zero-order valence-corrected chi connectivity index (χ0v) is 35.4. The Balaban J connectivity index is 0.906. The molecule has 0 spiro atoms. The third-order valence-corrected chi connectivity index (χ3v) is 12.5. The lowest BCUT2D eigenvalue weighted by Gasteiger charge is -2.12. The number of nitrogens with zero attached hydrogens (tertiary/aromatic N) is 4. The number of rotatable bonds is 8. The van der Waals surface area contributed by atoms with Crippen molar-refractivity contribution in [1.29, 1.82) is 0 Å². The number of benzene rings is 9. The molecule has 12 rings (SSSR count). The SMILES string of the molecule is c1ccc(-c2ccc(-c3cc(-c4ccc(-c5ccccc5)cc4)nc(-c4ccc(-c5ccc(-c6nc7ccccc7c7c6c6ccccc6n7-c6ccccc6)cc5)cc4)n3)cc2)cc1. The fourth-order valence-electron chi connectivity index (χ4n) is 9.17. The van der Waals surface area contributed by atoms with Crippen LogP contribution in [0.1, 0.15) is 0 Å². The number of fused-ring (bicyclic) bond motifs is 5. The van der Waals surface area contributed by atoms with Crippen LogP contribution in [0.4, 0.5) is 0 Å². The summed E-state index contributed by atoms with van der Waals surface area (Å²) in [5.74, 6) is 0.680. The Hall–Kier alpha value is -8.73. The molecule has 0 saturated heterocycles. The largest absolute Gasteiger partial charge is 0.308 e. The molecule has 0 aliphatic carbocycles. The Morgan fingerprint density at radius 1 is 0.292 bits per heavy atom. The van der Waals surface area contributed by atoms with Gasteiger partial charge in [-0.2, -0.15) is 0 Å². The van der Waals surface area contributed by atoms with Crippen molar-refractivity contribution in [3.05, 3.63) is 243 Å². The first kappa shape index (κ1) is 38.0. The smallest absolute Gasteiger partial charge is 0.160 e. The highest BCUT2D eigenvalue weighted by Gasteiger charge is 2.20. The molecule has 12 aromatic rings. The van der Waals surface area contributed by atoms with Gasteiger partial charge in [0.05, 0.1) is 33.6 Å². The minimum absolute atomic E-state index is 0.680. The standard InChI is InChI=1S/C61H40N4/c1-4-14-41(15-5-1)43-24-32-47(33-25-43)55-40-56(48-34-26-44(27-35-48)42-16-6-2-7-17-42)64-61(63-55)50-38-30-46(31-39-50)45-28-36-49(37-29-45)59-58-53-21-11-13-23-57(53)65(51-18-8-3-9-19-51)60(58)52-20-10-12-22-54(52)62-59/h1-40H. The molecule has 0 aliphatic heterocycles. The van der Waals surface area contributed by atoms with Crippen molar-refractivity contribution >= 4 is 32.7 Å². The van der Waals surface area contributed by atoms with Crippen molar-refractivity contribution in [1.82, 2.24) is 19.5 Å². The molecule has 0 bridgehead atoms. The zero-order valence-electron chi connectivity index (χ0n) is 35.4. The lowest BCUT2D eigenvalue weighted by molar-refractivity contribution is 1.18. The van der Waals surface area contributed by atoms with Crippen LogP contribution in [0.2, 0.25) is 0 Å². The van der Waals surface area contributed by atoms with E-state index in [2.05, 4.69) is 235 Å². The highest BCUT2D eigenvalue weighted by Crippen LogP contribution is 2.41. The third-order valence-electron chi connectivity index (χ3n) is 12.5. The van der Waals surface area contributed by atoms with Gasteiger partial charge in [0.1, 0.15) is 0 Å². The van der Waals surface area contributed by atoms with Gasteiger partial charge in [-0.15, -0.1) is 0 Å². The van der Waals surface area contributed by atoms with Crippen molar-refractivity contribution in [3.8, 4) is 84.2 Å². The quantitative estimate of drug-likeness (QED) is 0.153. The molecule has 0 atom stereocenters. The highest BCUT2D eigenvalue weighted by atomic mass is 15.0. The van der Waals surface area contributed by atoms with E-state index in [1.807, 2.05) is 12.1 Å². The fraction of sp³-hybridized carbons (Fsp3) is 0. The van der Waals surface area contributed by atoms with E-state index in [1.165, 1.54) is 33.2 Å². The minimum atomic E-state index is 0.680. The second-order valence-electron chi connectivity index (χ2n) is 16.4. The van der Waals surface area contributed by atoms with E-state index >= 15 is 0 Å². The lowest BCUT2D eigenvalue weighted by atomic mass is 9.98. The van der Waals surface area contributed by atoms with Crippen LogP contribution in [-0.4, -0.2) is 19.5 Å². The van der Waals surface area contributed by atoms with E-state index in [0.717, 1.165) is 78.0 Å². The molecule has 0 unspecified atom stereocenters. The first-order valence-electron chi connectivity index (χ1n) is 22.0. The van der Waals surface area contributed by atoms with Gasteiger partial charge in [-0.3, -0.25) is 0 Å². The number of hydrogen-bond acceptors (Lipinski definition) is 3. The van der Waals surface area contributed by atoms with Crippen LogP contribution < -0.4 is 0 Å². The van der Waals surface area contributed by atoms with Gasteiger partial charge in [0.15, 0.2) is 5.82 Å². The van der Waals surface area contributed by atoms with Crippen LogP contribution in [0.3, 0.4) is 0 Å². The minimum Gasteiger partial charge on any atom is -0.308 e. The van der Waals surface area contributed by atoms with Gasteiger partial charge in [0.25, 0.3) is 0 Å². The second kappa shape index (κ2) is 16.2. The van der Waals surface area contributed by atoms with Gasteiger partial charge in [-0.25, -0.2) is 15.0 Å². The number of pyridine rings is 1. The Morgan fingerprint density at radius 3 is 1.23 bits per heavy atom. The molecule has 3 heterocycles. The van der Waals surface area contributed by atoms with Crippen LogP contribution in [0, 0.1) is 0 Å². The maximum Gasteiger partial charge on any atom is 0.160 e. The first-order chi connectivity index (χ1) is 32.2. The van der Waals surface area contributed by atoms with Gasteiger partial charge >= 0.3 is 0 Å². The summed E-state index contributed by atoms with van der Waals surface area (Å²) in [4.78, 5) is 15.7. The van der Waals surface area contributed by atoms with E-state index < -0.39 is 0 Å². The molecule has 304 valence electrons. The van der Waals surface area contributed by atoms with Gasteiger partial charge in [0, 0.05) is 44.1 Å². The lowest BCUT2D eigenvalue weighted by Crippen LogP contribution is -1.96. The van der Waals surface area contributed by atoms with Crippen molar-refractivity contribution < 1.29 is 0 Å². The molecular formula is C61H40N4. The van der Waals surface area contributed by atoms with Crippen molar-refractivity contribution in [2.45, 2.75) is 0 Å². The summed E-state index contributed by atoms with van der Waals surface area (Å²) in [7, 11) is 0. The number of para-hydroxylation sites is 3. The Bertz CT molecular complexity index is 3540. The maximum absolute atomic E-state index is 5.35. The topological polar surface area (TPSA) is 43.6 Å². The van der Waals surface area contributed by atoms with Gasteiger partial charge < -0.3 is 4.57 Å². The molecule has 4 heteroatoms. The molecular weight excluding hydrogens is 789 g/mol. The molecule has 0 saturated carbocycles. The first-order valence-corrected chi connectivity index (χ1v) is 22.0. The Kier molecular flexibility index (Phi) is 9.46. The maximum atomic E-state index is 5.35. The van der Waals surface area contributed by atoms with Crippen LogP contribution in [0.5, 0.6) is 0 Å². The summed E-state index contributed by atoms with van der Waals surface area (Å²) >= 11 is 0. The van der Waals surface area contributed by atoms with E-state index in [4.69, 9.17) is 15.0 Å². The molecule has 9 aromatic carbocycles. The van der Waals surface area contributed by atoms with Crippen LogP contribution in [-0.2, 0) is 0 Å². The molecule has 0 amide bonds. The van der Waals surface area contributed by atoms with E-state index in [1.54, 1.807) is 0 Å². The van der Waals surface area contributed by atoms with E-state index in [0.29, 0.717) is 5.82 Å². The van der Waals surface area contributed by atoms with Crippen LogP contribution >= 0.6 is 0 Å². The van der Waals surface area contributed by atoms with Gasteiger partial charge in [-0.05, 0) is 63.7 Å². The third kappa shape index (κ3) is 7.04. The Morgan fingerprint density at radius 2 is 0.692 bits per heavy atom. The molecule has 0 radical (unpaired) electrons. The van der Waals surface area contributed by atoms with Gasteiger partial charge in [0.2, 0.25) is 0 Å². The molecule has 4 nitrogen and oxygen atoms in total. The summed E-state index contributed by atoms with van der Waals surface area (Å²) in [5.41, 5.74) is 18.2. The number of hydrogen-bond donors (Lipinski definition) is 0. The average Bonchev–Trinajstić information content (AvgIpc) is 3.75. The predicted octanol–water partition coefficient (Wildman–Crippen LogP) is 15.8. The molecule has 3 aromatic heterocycles. The fourth-order valence-corrected chi connectivity index (χ4v) is 9.17. The Labute approximate surface area is 377 Å². The zero-order chi connectivity index (χ0) is 43.1. The highest BCUT2D eigenvalue weighted by molar-refractivity contribution is 6.22. The molecule has 0 N–H and O–H groups in total. The summed E-state index contributed by atoms with van der Waals surface area (Å²) in [6.45, 7) is 0. The predicted molar refractivity (Wildman–Crippen MR) is 270 cm³/mol. The normalized spacial score (nSPS) is 11.4. The van der Waals surface area contributed by atoms with Crippen molar-refractivity contribution in [2.75, 3.05) is 0 Å². The van der Waals surface area contributed by atoms with Crippen LogP contribution in [0.15, 0.2) is 243 Å². The van der Waals surface area contributed by atoms with Crippen molar-refractivity contribution in [2.24, 2.45) is 0 Å².